The molecule has 50 heavy (non-hydrogen) atoms. The molecule has 3 heterocycles. The molecule has 3 amide bonds. The Morgan fingerprint density at radius 3 is 2.42 bits per heavy atom. The number of nitrogens with zero attached hydrogens (tertiary/aromatic N) is 2. The first-order valence-corrected chi connectivity index (χ1v) is 16.8. The normalized spacial score (nSPS) is 16.4. The van der Waals surface area contributed by atoms with Crippen molar-refractivity contribution >= 4 is 40.3 Å². The van der Waals surface area contributed by atoms with Gasteiger partial charge < -0.3 is 24.3 Å². The van der Waals surface area contributed by atoms with Gasteiger partial charge in [-0.2, -0.15) is 0 Å². The summed E-state index contributed by atoms with van der Waals surface area (Å²) < 4.78 is 47.6. The Morgan fingerprint density at radius 1 is 0.960 bits per heavy atom. The summed E-state index contributed by atoms with van der Waals surface area (Å²) in [6, 6.07) is 17.8. The number of benzene rings is 3. The molecule has 1 atom stereocenters. The Kier molecular flexibility index (Phi) is 10.5. The average Bonchev–Trinajstić information content (AvgIpc) is 3.09. The summed E-state index contributed by atoms with van der Waals surface area (Å²) in [5, 5.41) is 3.03. The first-order valence-electron chi connectivity index (χ1n) is 16.5. The van der Waals surface area contributed by atoms with Gasteiger partial charge in [-0.3, -0.25) is 19.2 Å². The summed E-state index contributed by atoms with van der Waals surface area (Å²) in [6.07, 6.45) is -0.944. The molecule has 13 heteroatoms. The maximum Gasteiger partial charge on any atom is 0.573 e. The highest BCUT2D eigenvalue weighted by molar-refractivity contribution is 6.30. The average molecular weight is 710 g/mol. The highest BCUT2D eigenvalue weighted by Crippen LogP contribution is 2.32. The minimum Gasteiger partial charge on any atom is -0.451 e. The first kappa shape index (κ1) is 35.0. The van der Waals surface area contributed by atoms with Crippen molar-refractivity contribution in [2.75, 3.05) is 19.6 Å². The highest BCUT2D eigenvalue weighted by atomic mass is 35.5. The Hall–Kier alpha value is -4.84. The number of likely N-dealkylation sites (tertiary alicyclic amines) is 2. The summed E-state index contributed by atoms with van der Waals surface area (Å²) >= 11 is 6.07. The third-order valence-corrected chi connectivity index (χ3v) is 9.45. The van der Waals surface area contributed by atoms with Crippen LogP contribution in [0.3, 0.4) is 0 Å². The fourth-order valence-electron chi connectivity index (χ4n) is 6.67. The summed E-state index contributed by atoms with van der Waals surface area (Å²) in [4.78, 5) is 56.4. The molecule has 0 spiro atoms. The number of piperidine rings is 2. The third kappa shape index (κ3) is 8.47. The zero-order valence-corrected chi connectivity index (χ0v) is 27.8. The second kappa shape index (κ2) is 15.0. The van der Waals surface area contributed by atoms with Crippen molar-refractivity contribution in [1.29, 1.82) is 0 Å². The van der Waals surface area contributed by atoms with Gasteiger partial charge >= 0.3 is 6.36 Å². The van der Waals surface area contributed by atoms with Gasteiger partial charge in [0.1, 0.15) is 17.4 Å². The zero-order valence-electron chi connectivity index (χ0n) is 27.0. The van der Waals surface area contributed by atoms with E-state index < -0.39 is 35.2 Å². The number of amides is 3. The molecule has 4 aromatic rings. The molecule has 2 fully saturated rings. The Labute approximate surface area is 290 Å². The van der Waals surface area contributed by atoms with Gasteiger partial charge in [0.05, 0.1) is 5.39 Å². The van der Waals surface area contributed by atoms with Gasteiger partial charge in [-0.1, -0.05) is 48.0 Å². The van der Waals surface area contributed by atoms with Gasteiger partial charge in [0, 0.05) is 50.1 Å². The Balaban J connectivity index is 1.17. The van der Waals surface area contributed by atoms with Crippen LogP contribution in [0.1, 0.15) is 65.3 Å². The molecule has 1 N–H and O–H groups in total. The molecule has 2 aliphatic heterocycles. The fourth-order valence-corrected chi connectivity index (χ4v) is 6.80. The lowest BCUT2D eigenvalue weighted by atomic mass is 9.86. The summed E-state index contributed by atoms with van der Waals surface area (Å²) in [5.41, 5.74) is 2.15. The van der Waals surface area contributed by atoms with E-state index in [0.717, 1.165) is 54.8 Å². The van der Waals surface area contributed by atoms with E-state index in [4.69, 9.17) is 16.0 Å². The predicted molar refractivity (Wildman–Crippen MR) is 180 cm³/mol. The van der Waals surface area contributed by atoms with E-state index in [9.17, 15) is 32.3 Å². The van der Waals surface area contributed by atoms with Crippen molar-refractivity contribution < 1.29 is 36.7 Å². The first-order chi connectivity index (χ1) is 23.9. The number of carbonyl (C=O) groups excluding carboxylic acids is 3. The smallest absolute Gasteiger partial charge is 0.451 e. The van der Waals surface area contributed by atoms with Gasteiger partial charge in [-0.25, -0.2) is 0 Å². The lowest BCUT2D eigenvalue weighted by Crippen LogP contribution is -2.51. The topological polar surface area (TPSA) is 109 Å². The molecule has 3 aromatic carbocycles. The molecular weight excluding hydrogens is 675 g/mol. The third-order valence-electron chi connectivity index (χ3n) is 9.20. The zero-order chi connectivity index (χ0) is 35.4. The van der Waals surface area contributed by atoms with Crippen LogP contribution < -0.4 is 15.5 Å². The number of ether oxygens (including phenoxy) is 1. The molecule has 6 rings (SSSR count). The molecule has 0 radical (unpaired) electrons. The summed E-state index contributed by atoms with van der Waals surface area (Å²) in [5.74, 6) is -1.78. The fraction of sp³-hybridized carbons (Fsp3) is 0.351. The molecule has 0 aliphatic carbocycles. The maximum atomic E-state index is 14.0. The molecule has 0 unspecified atom stereocenters. The number of rotatable bonds is 9. The van der Waals surface area contributed by atoms with Crippen molar-refractivity contribution in [3.05, 3.63) is 110 Å². The second-order valence-electron chi connectivity index (χ2n) is 12.6. The van der Waals surface area contributed by atoms with E-state index in [2.05, 4.69) is 22.2 Å². The maximum absolute atomic E-state index is 14.0. The number of fused-ring (bicyclic) bond motifs is 1. The standard InChI is InChI=1S/C37H35ClF3N3O6/c38-26-10-8-23(9-11-26)19-30(42-35(47)33-21-31(45)29-20-27(50-37(39,40)41)12-13-32(29)49-33)36(48)43-17-14-24(15-18-43)28-6-2-1-5-25(28)22-44-16-4-3-7-34(44)46/h1-2,5-6,8-13,20-21,24,30H,3-4,7,14-19,22H2,(H,42,47)/t30-/m1/s1. The monoisotopic (exact) mass is 709 g/mol. The van der Waals surface area contributed by atoms with Gasteiger partial charge in [-0.05, 0) is 78.6 Å². The van der Waals surface area contributed by atoms with E-state index >= 15 is 0 Å². The number of carbonyl (C=O) groups is 3. The molecule has 2 aliphatic rings. The molecule has 0 bridgehead atoms. The van der Waals surface area contributed by atoms with Gasteiger partial charge in [0.15, 0.2) is 11.2 Å². The minimum absolute atomic E-state index is 0.121. The van der Waals surface area contributed by atoms with E-state index in [1.165, 1.54) is 5.56 Å². The van der Waals surface area contributed by atoms with Gasteiger partial charge in [0.2, 0.25) is 11.8 Å². The lowest BCUT2D eigenvalue weighted by Gasteiger charge is -2.36. The van der Waals surface area contributed by atoms with E-state index in [0.29, 0.717) is 43.9 Å². The van der Waals surface area contributed by atoms with Crippen LogP contribution in [0.2, 0.25) is 5.02 Å². The van der Waals surface area contributed by atoms with Crippen LogP contribution in [-0.4, -0.2) is 59.6 Å². The number of halogens is 4. The number of hydrogen-bond acceptors (Lipinski definition) is 6. The molecule has 0 saturated carbocycles. The van der Waals surface area contributed by atoms with Crippen LogP contribution in [0.5, 0.6) is 5.75 Å². The van der Waals surface area contributed by atoms with Crippen LogP contribution in [0, 0.1) is 0 Å². The van der Waals surface area contributed by atoms with E-state index in [1.807, 2.05) is 17.0 Å². The number of hydrogen-bond donors (Lipinski definition) is 1. The quantitative estimate of drug-likeness (QED) is 0.210. The van der Waals surface area contributed by atoms with Crippen LogP contribution in [0.4, 0.5) is 13.2 Å². The van der Waals surface area contributed by atoms with Crippen molar-refractivity contribution in [1.82, 2.24) is 15.1 Å². The molecule has 2 saturated heterocycles. The summed E-state index contributed by atoms with van der Waals surface area (Å²) in [7, 11) is 0. The van der Waals surface area contributed by atoms with Crippen LogP contribution in [-0.2, 0) is 22.6 Å². The van der Waals surface area contributed by atoms with Crippen molar-refractivity contribution in [2.45, 2.75) is 63.4 Å². The highest BCUT2D eigenvalue weighted by Gasteiger charge is 2.33. The van der Waals surface area contributed by atoms with Crippen LogP contribution >= 0.6 is 11.6 Å². The van der Waals surface area contributed by atoms with Crippen molar-refractivity contribution in [3.8, 4) is 5.75 Å². The number of nitrogens with one attached hydrogen (secondary N) is 1. The molecule has 262 valence electrons. The Morgan fingerprint density at radius 2 is 1.70 bits per heavy atom. The lowest BCUT2D eigenvalue weighted by molar-refractivity contribution is -0.274. The Bertz CT molecular complexity index is 1940. The van der Waals surface area contributed by atoms with Crippen molar-refractivity contribution in [3.63, 3.8) is 0 Å². The van der Waals surface area contributed by atoms with Crippen LogP contribution in [0.25, 0.3) is 11.0 Å². The molecule has 9 nitrogen and oxygen atoms in total. The van der Waals surface area contributed by atoms with Gasteiger partial charge in [-0.15, -0.1) is 13.2 Å². The molecule has 1 aromatic heterocycles. The van der Waals surface area contributed by atoms with Gasteiger partial charge in [0.25, 0.3) is 5.91 Å². The predicted octanol–water partition coefficient (Wildman–Crippen LogP) is 6.60. The summed E-state index contributed by atoms with van der Waals surface area (Å²) in [6.45, 7) is 2.21. The van der Waals surface area contributed by atoms with Crippen LogP contribution in [0.15, 0.2) is 82.0 Å². The number of alkyl halides is 3. The largest absolute Gasteiger partial charge is 0.573 e. The molecular formula is C37H35ClF3N3O6. The van der Waals surface area contributed by atoms with E-state index in [1.54, 1.807) is 29.2 Å². The van der Waals surface area contributed by atoms with Crippen molar-refractivity contribution in [2.24, 2.45) is 0 Å². The minimum atomic E-state index is -4.95. The SMILES string of the molecule is O=C(N[C@H](Cc1ccc(Cl)cc1)C(=O)N1CCC(c2ccccc2CN2CCCCC2=O)CC1)c1cc(=O)c2cc(OC(F)(F)F)ccc2o1. The van der Waals surface area contributed by atoms with E-state index in [-0.39, 0.29) is 35.1 Å². The second-order valence-corrected chi connectivity index (χ2v) is 13.0.